The van der Waals surface area contributed by atoms with Gasteiger partial charge in [0, 0.05) is 12.1 Å². The van der Waals surface area contributed by atoms with E-state index in [0.717, 1.165) is 0 Å². The van der Waals surface area contributed by atoms with Crippen LogP contribution in [0.3, 0.4) is 0 Å². The molecule has 0 aromatic carbocycles. The molecule has 0 fully saturated rings. The third-order valence-corrected chi connectivity index (χ3v) is 2.71. The van der Waals surface area contributed by atoms with Crippen molar-refractivity contribution < 1.29 is 13.2 Å². The summed E-state index contributed by atoms with van der Waals surface area (Å²) in [5, 5.41) is 0. The SMILES string of the molecule is CCCN(C(C)C)C(C(N)CC)C(F)(F)F. The lowest BCUT2D eigenvalue weighted by Gasteiger charge is -2.38. The molecule has 0 bridgehead atoms. The van der Waals surface area contributed by atoms with Gasteiger partial charge < -0.3 is 5.73 Å². The lowest BCUT2D eigenvalue weighted by atomic mass is 10.0. The highest BCUT2D eigenvalue weighted by Gasteiger charge is 2.46. The molecule has 0 radical (unpaired) electrons. The Morgan fingerprint density at radius 2 is 1.69 bits per heavy atom. The van der Waals surface area contributed by atoms with E-state index in [9.17, 15) is 13.2 Å². The molecule has 0 spiro atoms. The first-order valence-corrected chi connectivity index (χ1v) is 5.83. The first kappa shape index (κ1) is 15.7. The van der Waals surface area contributed by atoms with Crippen molar-refractivity contribution in [1.82, 2.24) is 4.90 Å². The van der Waals surface area contributed by atoms with Crippen LogP contribution in [0.2, 0.25) is 0 Å². The summed E-state index contributed by atoms with van der Waals surface area (Å²) in [4.78, 5) is 1.45. The lowest BCUT2D eigenvalue weighted by molar-refractivity contribution is -0.194. The lowest BCUT2D eigenvalue weighted by Crippen LogP contribution is -2.58. The number of alkyl halides is 3. The molecule has 2 atom stereocenters. The summed E-state index contributed by atoms with van der Waals surface area (Å²) in [5.74, 6) is 0. The van der Waals surface area contributed by atoms with Crippen LogP contribution in [0, 0.1) is 0 Å². The Labute approximate surface area is 96.0 Å². The largest absolute Gasteiger partial charge is 0.405 e. The van der Waals surface area contributed by atoms with Crippen molar-refractivity contribution in [3.63, 3.8) is 0 Å². The Balaban J connectivity index is 4.96. The van der Waals surface area contributed by atoms with Gasteiger partial charge in [0.25, 0.3) is 0 Å². The van der Waals surface area contributed by atoms with E-state index in [2.05, 4.69) is 0 Å². The molecule has 0 rings (SSSR count). The highest BCUT2D eigenvalue weighted by atomic mass is 19.4. The fourth-order valence-electron chi connectivity index (χ4n) is 1.88. The Morgan fingerprint density at radius 3 is 1.94 bits per heavy atom. The van der Waals surface area contributed by atoms with Crippen LogP contribution >= 0.6 is 0 Å². The zero-order valence-corrected chi connectivity index (χ0v) is 10.5. The maximum atomic E-state index is 13.0. The van der Waals surface area contributed by atoms with E-state index in [1.807, 2.05) is 6.92 Å². The number of nitrogens with zero attached hydrogens (tertiary/aromatic N) is 1. The molecule has 5 heteroatoms. The van der Waals surface area contributed by atoms with Crippen molar-refractivity contribution in [1.29, 1.82) is 0 Å². The molecule has 98 valence electrons. The molecule has 2 nitrogen and oxygen atoms in total. The van der Waals surface area contributed by atoms with E-state index in [1.165, 1.54) is 4.90 Å². The Kier molecular flexibility index (Phi) is 6.33. The van der Waals surface area contributed by atoms with Crippen LogP contribution < -0.4 is 5.73 Å². The summed E-state index contributed by atoms with van der Waals surface area (Å²) in [5.41, 5.74) is 5.61. The first-order chi connectivity index (χ1) is 7.25. The number of rotatable bonds is 6. The molecule has 0 amide bonds. The molecule has 0 heterocycles. The number of halogens is 3. The summed E-state index contributed by atoms with van der Waals surface area (Å²) in [6.45, 7) is 7.54. The maximum absolute atomic E-state index is 13.0. The highest BCUT2D eigenvalue weighted by molar-refractivity contribution is 4.88. The third kappa shape index (κ3) is 4.29. The summed E-state index contributed by atoms with van der Waals surface area (Å²) >= 11 is 0. The van der Waals surface area contributed by atoms with E-state index >= 15 is 0 Å². The molecule has 2 N–H and O–H groups in total. The molecular formula is C11H23F3N2. The van der Waals surface area contributed by atoms with Crippen molar-refractivity contribution in [2.75, 3.05) is 6.54 Å². The van der Waals surface area contributed by atoms with Gasteiger partial charge >= 0.3 is 6.18 Å². The topological polar surface area (TPSA) is 29.3 Å². The van der Waals surface area contributed by atoms with Gasteiger partial charge in [0.1, 0.15) is 6.04 Å². The monoisotopic (exact) mass is 240 g/mol. The molecule has 0 aliphatic heterocycles. The van der Waals surface area contributed by atoms with Gasteiger partial charge in [0.2, 0.25) is 0 Å². The van der Waals surface area contributed by atoms with Crippen LogP contribution in [0.4, 0.5) is 13.2 Å². The minimum atomic E-state index is -4.26. The molecule has 0 saturated carbocycles. The normalized spacial score (nSPS) is 16.9. The molecule has 0 aromatic rings. The molecular weight excluding hydrogens is 217 g/mol. The van der Waals surface area contributed by atoms with Gasteiger partial charge in [0.15, 0.2) is 0 Å². The van der Waals surface area contributed by atoms with Crippen molar-refractivity contribution in [2.45, 2.75) is 64.8 Å². The highest BCUT2D eigenvalue weighted by Crippen LogP contribution is 2.29. The standard InChI is InChI=1S/C11H23F3N2/c1-5-7-16(8(3)4)10(9(15)6-2)11(12,13)14/h8-10H,5-7,15H2,1-4H3. The molecule has 0 aliphatic rings. The number of nitrogens with two attached hydrogens (primary N) is 1. The average Bonchev–Trinajstić information content (AvgIpc) is 2.14. The van der Waals surface area contributed by atoms with E-state index in [0.29, 0.717) is 19.4 Å². The number of hydrogen-bond acceptors (Lipinski definition) is 2. The Hall–Kier alpha value is -0.290. The summed E-state index contributed by atoms with van der Waals surface area (Å²) in [6.07, 6.45) is -3.23. The zero-order chi connectivity index (χ0) is 12.9. The van der Waals surface area contributed by atoms with Crippen molar-refractivity contribution >= 4 is 0 Å². The van der Waals surface area contributed by atoms with Gasteiger partial charge in [-0.25, -0.2) is 0 Å². The van der Waals surface area contributed by atoms with E-state index < -0.39 is 18.3 Å². The van der Waals surface area contributed by atoms with E-state index in [4.69, 9.17) is 5.73 Å². The van der Waals surface area contributed by atoms with Gasteiger partial charge in [-0.3, -0.25) is 4.90 Å². The van der Waals surface area contributed by atoms with Gasteiger partial charge in [0.05, 0.1) is 0 Å². The number of hydrogen-bond donors (Lipinski definition) is 1. The summed E-state index contributed by atoms with van der Waals surface area (Å²) in [6, 6.07) is -2.53. The fourth-order valence-corrected chi connectivity index (χ4v) is 1.88. The van der Waals surface area contributed by atoms with E-state index in [-0.39, 0.29) is 6.04 Å². The van der Waals surface area contributed by atoms with Gasteiger partial charge in [-0.15, -0.1) is 0 Å². The Bertz CT molecular complexity index is 192. The first-order valence-electron chi connectivity index (χ1n) is 5.83. The molecule has 0 aromatic heterocycles. The quantitative estimate of drug-likeness (QED) is 0.773. The van der Waals surface area contributed by atoms with Crippen LogP contribution in [0.15, 0.2) is 0 Å². The van der Waals surface area contributed by atoms with Gasteiger partial charge in [-0.2, -0.15) is 13.2 Å². The average molecular weight is 240 g/mol. The van der Waals surface area contributed by atoms with Crippen molar-refractivity contribution in [2.24, 2.45) is 5.73 Å². The predicted molar refractivity (Wildman–Crippen MR) is 60.2 cm³/mol. The fraction of sp³-hybridized carbons (Fsp3) is 1.00. The second-order valence-electron chi connectivity index (χ2n) is 4.39. The van der Waals surface area contributed by atoms with Crippen LogP contribution in [0.25, 0.3) is 0 Å². The third-order valence-electron chi connectivity index (χ3n) is 2.71. The van der Waals surface area contributed by atoms with Crippen LogP contribution in [-0.4, -0.2) is 35.7 Å². The maximum Gasteiger partial charge on any atom is 0.405 e. The second kappa shape index (κ2) is 6.45. The summed E-state index contributed by atoms with van der Waals surface area (Å²) in [7, 11) is 0. The zero-order valence-electron chi connectivity index (χ0n) is 10.5. The summed E-state index contributed by atoms with van der Waals surface area (Å²) < 4.78 is 38.9. The van der Waals surface area contributed by atoms with Gasteiger partial charge in [-0.1, -0.05) is 13.8 Å². The van der Waals surface area contributed by atoms with E-state index in [1.54, 1.807) is 20.8 Å². The predicted octanol–water partition coefficient (Wildman–Crippen LogP) is 2.78. The molecule has 0 aliphatic carbocycles. The smallest absolute Gasteiger partial charge is 0.326 e. The minimum absolute atomic E-state index is 0.149. The molecule has 16 heavy (non-hydrogen) atoms. The van der Waals surface area contributed by atoms with Crippen molar-refractivity contribution in [3.05, 3.63) is 0 Å². The molecule has 0 saturated heterocycles. The second-order valence-corrected chi connectivity index (χ2v) is 4.39. The van der Waals surface area contributed by atoms with Crippen LogP contribution in [0.1, 0.15) is 40.5 Å². The van der Waals surface area contributed by atoms with Crippen LogP contribution in [0.5, 0.6) is 0 Å². The van der Waals surface area contributed by atoms with Crippen molar-refractivity contribution in [3.8, 4) is 0 Å². The van der Waals surface area contributed by atoms with Gasteiger partial charge in [-0.05, 0) is 33.2 Å². The minimum Gasteiger partial charge on any atom is -0.326 e. The van der Waals surface area contributed by atoms with Crippen LogP contribution in [-0.2, 0) is 0 Å². The molecule has 2 unspecified atom stereocenters. The Morgan fingerprint density at radius 1 is 1.19 bits per heavy atom.